The zero-order chi connectivity index (χ0) is 19.2. The van der Waals surface area contributed by atoms with Crippen molar-refractivity contribution in [3.8, 4) is 33.9 Å². The molecule has 6 heterocycles. The number of H-pyrrole nitrogens is 2. The Balaban J connectivity index is 1.53. The Morgan fingerprint density at radius 2 is 1.83 bits per heavy atom. The number of hydrogen-bond acceptors (Lipinski definition) is 7. The molecule has 0 unspecified atom stereocenters. The minimum Gasteiger partial charge on any atom is -0.472 e. The molecule has 0 bridgehead atoms. The van der Waals surface area contributed by atoms with E-state index in [2.05, 4.69) is 35.1 Å². The van der Waals surface area contributed by atoms with Crippen LogP contribution in [0.15, 0.2) is 66.4 Å². The zero-order valence-electron chi connectivity index (χ0n) is 14.9. The van der Waals surface area contributed by atoms with Gasteiger partial charge in [-0.05, 0) is 12.1 Å². The number of aromatic nitrogens is 8. The first kappa shape index (κ1) is 15.6. The number of furan rings is 1. The predicted molar refractivity (Wildman–Crippen MR) is 105 cm³/mol. The lowest BCUT2D eigenvalue weighted by atomic mass is 10.1. The lowest BCUT2D eigenvalue weighted by Crippen LogP contribution is -1.87. The molecule has 138 valence electrons. The molecule has 0 saturated heterocycles. The topological polar surface area (TPSA) is 122 Å². The first-order valence-corrected chi connectivity index (χ1v) is 8.83. The Labute approximate surface area is 162 Å². The smallest absolute Gasteiger partial charge is 0.159 e. The number of aromatic amines is 2. The van der Waals surface area contributed by atoms with E-state index in [0.29, 0.717) is 11.5 Å². The van der Waals surface area contributed by atoms with E-state index in [1.165, 1.54) is 6.33 Å². The second-order valence-corrected chi connectivity index (χ2v) is 6.50. The van der Waals surface area contributed by atoms with Gasteiger partial charge in [-0.1, -0.05) is 0 Å². The van der Waals surface area contributed by atoms with Crippen LogP contribution in [0.3, 0.4) is 0 Å². The van der Waals surface area contributed by atoms with Crippen LogP contribution in [0.25, 0.3) is 55.8 Å². The number of rotatable bonds is 3. The molecule has 0 amide bonds. The van der Waals surface area contributed by atoms with Gasteiger partial charge in [0.05, 0.1) is 41.6 Å². The molecule has 29 heavy (non-hydrogen) atoms. The normalized spacial score (nSPS) is 11.4. The van der Waals surface area contributed by atoms with Gasteiger partial charge in [0.15, 0.2) is 5.82 Å². The van der Waals surface area contributed by atoms with E-state index in [9.17, 15) is 0 Å². The lowest BCUT2D eigenvalue weighted by Gasteiger charge is -2.00. The van der Waals surface area contributed by atoms with Gasteiger partial charge in [-0.25, -0.2) is 15.0 Å². The third kappa shape index (κ3) is 2.48. The molecule has 0 saturated carbocycles. The highest BCUT2D eigenvalue weighted by Gasteiger charge is 2.16. The van der Waals surface area contributed by atoms with Crippen molar-refractivity contribution in [3.63, 3.8) is 0 Å². The van der Waals surface area contributed by atoms with Gasteiger partial charge in [-0.2, -0.15) is 5.10 Å². The van der Waals surface area contributed by atoms with Gasteiger partial charge in [0, 0.05) is 40.7 Å². The van der Waals surface area contributed by atoms with Gasteiger partial charge in [0.2, 0.25) is 0 Å². The van der Waals surface area contributed by atoms with Crippen LogP contribution in [0.4, 0.5) is 0 Å². The Morgan fingerprint density at radius 3 is 2.69 bits per heavy atom. The molecule has 6 rings (SSSR count). The van der Waals surface area contributed by atoms with E-state index in [0.717, 1.165) is 44.3 Å². The molecule has 9 heteroatoms. The van der Waals surface area contributed by atoms with Crippen molar-refractivity contribution >= 4 is 21.9 Å². The maximum Gasteiger partial charge on any atom is 0.159 e. The van der Waals surface area contributed by atoms with Gasteiger partial charge < -0.3 is 9.40 Å². The van der Waals surface area contributed by atoms with Gasteiger partial charge in [0.1, 0.15) is 17.5 Å². The van der Waals surface area contributed by atoms with Crippen LogP contribution in [-0.4, -0.2) is 40.1 Å². The molecule has 6 aromatic heterocycles. The second kappa shape index (κ2) is 6.06. The van der Waals surface area contributed by atoms with Crippen molar-refractivity contribution in [1.29, 1.82) is 0 Å². The predicted octanol–water partition coefficient (Wildman–Crippen LogP) is 3.61. The third-order valence-electron chi connectivity index (χ3n) is 4.75. The van der Waals surface area contributed by atoms with Crippen LogP contribution in [0.1, 0.15) is 0 Å². The first-order valence-electron chi connectivity index (χ1n) is 8.83. The molecule has 2 N–H and O–H groups in total. The average molecular weight is 380 g/mol. The fourth-order valence-corrected chi connectivity index (χ4v) is 3.36. The highest BCUT2D eigenvalue weighted by molar-refractivity contribution is 5.97. The minimum atomic E-state index is 0.644. The zero-order valence-corrected chi connectivity index (χ0v) is 14.9. The fraction of sp³-hybridized carbons (Fsp3) is 0. The molecule has 0 aromatic carbocycles. The maximum atomic E-state index is 5.21. The van der Waals surface area contributed by atoms with Crippen molar-refractivity contribution in [3.05, 3.63) is 62.0 Å². The van der Waals surface area contributed by atoms with E-state index in [1.807, 2.05) is 12.1 Å². The van der Waals surface area contributed by atoms with Crippen molar-refractivity contribution in [2.45, 2.75) is 0 Å². The summed E-state index contributed by atoms with van der Waals surface area (Å²) in [6, 6.07) is 3.84. The summed E-state index contributed by atoms with van der Waals surface area (Å²) in [5, 5.41) is 8.38. The molecule has 0 aliphatic carbocycles. The van der Waals surface area contributed by atoms with E-state index < -0.39 is 0 Å². The highest BCUT2D eigenvalue weighted by Crippen LogP contribution is 2.31. The van der Waals surface area contributed by atoms with Crippen LogP contribution >= 0.6 is 0 Å². The number of imidazole rings is 1. The van der Waals surface area contributed by atoms with Gasteiger partial charge in [-0.15, -0.1) is 0 Å². The first-order chi connectivity index (χ1) is 14.4. The summed E-state index contributed by atoms with van der Waals surface area (Å²) in [4.78, 5) is 25.0. The largest absolute Gasteiger partial charge is 0.472 e. The van der Waals surface area contributed by atoms with Crippen molar-refractivity contribution in [2.24, 2.45) is 0 Å². The molecule has 6 aromatic rings. The second-order valence-electron chi connectivity index (χ2n) is 6.50. The summed E-state index contributed by atoms with van der Waals surface area (Å²) in [5.74, 6) is 0.644. The van der Waals surface area contributed by atoms with Crippen LogP contribution in [0.5, 0.6) is 0 Å². The van der Waals surface area contributed by atoms with Crippen LogP contribution in [0, 0.1) is 0 Å². The van der Waals surface area contributed by atoms with Gasteiger partial charge >= 0.3 is 0 Å². The molecule has 0 aliphatic rings. The summed E-state index contributed by atoms with van der Waals surface area (Å²) >= 11 is 0. The standard InChI is InChI=1S/C20H12N8O/c1-2-29-9-11(1)14-6-21-7-17-18(14)26-20(25-17)19-13-3-15(12-4-22-10-23-5-12)24-8-16(13)27-28-19/h1-10H,(H,25,26)(H,27,28). The summed E-state index contributed by atoms with van der Waals surface area (Å²) in [7, 11) is 0. The van der Waals surface area contributed by atoms with E-state index in [-0.39, 0.29) is 0 Å². The van der Waals surface area contributed by atoms with Crippen molar-refractivity contribution in [2.75, 3.05) is 0 Å². The molecular weight excluding hydrogens is 368 g/mol. The lowest BCUT2D eigenvalue weighted by molar-refractivity contribution is 0.568. The third-order valence-corrected chi connectivity index (χ3v) is 4.75. The average Bonchev–Trinajstić information content (AvgIpc) is 3.52. The SMILES string of the molecule is c1ncc(-c2cc3c(-c4nc5c(-c6ccoc6)cncc5[nH]4)n[nH]c3cn2)cn1. The van der Waals surface area contributed by atoms with Crippen molar-refractivity contribution in [1.82, 2.24) is 40.1 Å². The summed E-state index contributed by atoms with van der Waals surface area (Å²) < 4.78 is 5.21. The molecule has 9 nitrogen and oxygen atoms in total. The summed E-state index contributed by atoms with van der Waals surface area (Å²) in [5.41, 5.74) is 6.55. The number of hydrogen-bond donors (Lipinski definition) is 2. The summed E-state index contributed by atoms with van der Waals surface area (Å²) in [6.07, 6.45) is 13.5. The monoisotopic (exact) mass is 380 g/mol. The molecule has 0 atom stereocenters. The Morgan fingerprint density at radius 1 is 0.897 bits per heavy atom. The van der Waals surface area contributed by atoms with E-state index in [1.54, 1.807) is 43.5 Å². The number of nitrogens with one attached hydrogen (secondary N) is 2. The van der Waals surface area contributed by atoms with Crippen LogP contribution in [0.2, 0.25) is 0 Å². The van der Waals surface area contributed by atoms with Crippen molar-refractivity contribution < 1.29 is 4.42 Å². The highest BCUT2D eigenvalue weighted by atomic mass is 16.3. The minimum absolute atomic E-state index is 0.644. The van der Waals surface area contributed by atoms with E-state index in [4.69, 9.17) is 9.40 Å². The Kier molecular flexibility index (Phi) is 3.27. The van der Waals surface area contributed by atoms with E-state index >= 15 is 0 Å². The quantitative estimate of drug-likeness (QED) is 0.481. The Bertz CT molecular complexity index is 1450. The maximum absolute atomic E-state index is 5.21. The molecule has 0 radical (unpaired) electrons. The molecular formula is C20H12N8O. The van der Waals surface area contributed by atoms with Crippen LogP contribution < -0.4 is 0 Å². The number of nitrogens with zero attached hydrogens (tertiary/aromatic N) is 6. The number of pyridine rings is 2. The Hall–Kier alpha value is -4.40. The molecule has 0 fully saturated rings. The van der Waals surface area contributed by atoms with Gasteiger partial charge in [0.25, 0.3) is 0 Å². The molecule has 0 aliphatic heterocycles. The number of fused-ring (bicyclic) bond motifs is 2. The molecule has 0 spiro atoms. The summed E-state index contributed by atoms with van der Waals surface area (Å²) in [6.45, 7) is 0. The van der Waals surface area contributed by atoms with Crippen LogP contribution in [-0.2, 0) is 0 Å². The van der Waals surface area contributed by atoms with Gasteiger partial charge in [-0.3, -0.25) is 15.1 Å². The fourth-order valence-electron chi connectivity index (χ4n) is 3.36.